The van der Waals surface area contributed by atoms with Gasteiger partial charge in [-0.1, -0.05) is 199 Å². The Morgan fingerprint density at radius 2 is 0.740 bits per heavy atom. The highest BCUT2D eigenvalue weighted by atomic mass is 32.1. The molecule has 354 valence electrons. The van der Waals surface area contributed by atoms with Gasteiger partial charge < -0.3 is 9.47 Å². The number of rotatable bonds is 9. The molecule has 0 saturated heterocycles. The van der Waals surface area contributed by atoms with Gasteiger partial charge >= 0.3 is 0 Å². The third-order valence-electron chi connectivity index (χ3n) is 14.5. The fourth-order valence-electron chi connectivity index (χ4n) is 10.3. The van der Waals surface area contributed by atoms with E-state index in [1.54, 1.807) is 0 Å². The zero-order valence-electron chi connectivity index (χ0n) is 42.1. The fraction of sp³-hybridized carbons (Fsp3) is 0.118. The number of anilines is 3. The molecule has 0 saturated carbocycles. The Morgan fingerprint density at radius 3 is 1.19 bits per heavy atom. The Labute approximate surface area is 432 Å². The molecule has 0 fully saturated rings. The van der Waals surface area contributed by atoms with E-state index >= 15 is 0 Å². The van der Waals surface area contributed by atoms with Crippen molar-refractivity contribution in [3.05, 3.63) is 242 Å². The lowest BCUT2D eigenvalue weighted by Crippen LogP contribution is -2.10. The highest BCUT2D eigenvalue weighted by Gasteiger charge is 2.22. The van der Waals surface area contributed by atoms with Crippen LogP contribution in [0.1, 0.15) is 52.7 Å². The highest BCUT2D eigenvalue weighted by molar-refractivity contribution is 7.00. The summed E-state index contributed by atoms with van der Waals surface area (Å²) >= 11 is 1.26. The van der Waals surface area contributed by atoms with E-state index in [1.165, 1.54) is 89.2 Å². The van der Waals surface area contributed by atoms with Crippen LogP contribution in [-0.2, 0) is 10.8 Å². The summed E-state index contributed by atoms with van der Waals surface area (Å²) < 4.78 is 12.4. The largest absolute Gasteiger partial charge is 0.309 e. The molecule has 73 heavy (non-hydrogen) atoms. The first kappa shape index (κ1) is 45.7. The molecule has 4 nitrogen and oxygen atoms in total. The summed E-state index contributed by atoms with van der Waals surface area (Å²) in [5.41, 5.74) is 22.8. The van der Waals surface area contributed by atoms with E-state index < -0.39 is 0 Å². The van der Waals surface area contributed by atoms with E-state index in [2.05, 4.69) is 282 Å². The number of benzene rings is 10. The topological polar surface area (TPSA) is 34.0 Å². The number of fused-ring (bicyclic) bond motifs is 4. The minimum Gasteiger partial charge on any atom is -0.309 e. The van der Waals surface area contributed by atoms with Crippen molar-refractivity contribution < 1.29 is 0 Å². The maximum atomic E-state index is 5.01. The Hall–Kier alpha value is -8.38. The Balaban J connectivity index is 0.934. The van der Waals surface area contributed by atoms with Crippen molar-refractivity contribution in [2.75, 3.05) is 4.90 Å². The van der Waals surface area contributed by atoms with Crippen LogP contribution in [0.15, 0.2) is 231 Å². The van der Waals surface area contributed by atoms with Gasteiger partial charge in [0.25, 0.3) is 0 Å². The zero-order chi connectivity index (χ0) is 49.8. The van der Waals surface area contributed by atoms with Crippen LogP contribution in [0.25, 0.3) is 94.2 Å². The molecule has 0 bridgehead atoms. The number of hydrogen-bond acceptors (Lipinski definition) is 4. The second kappa shape index (κ2) is 18.3. The van der Waals surface area contributed by atoms with Gasteiger partial charge in [0.2, 0.25) is 0 Å². The van der Waals surface area contributed by atoms with Crippen molar-refractivity contribution in [3.63, 3.8) is 0 Å². The van der Waals surface area contributed by atoms with E-state index in [0.717, 1.165) is 44.9 Å². The average molecular weight is 961 g/mol. The van der Waals surface area contributed by atoms with Gasteiger partial charge in [-0.2, -0.15) is 8.75 Å². The van der Waals surface area contributed by atoms with Crippen LogP contribution in [0, 0.1) is 0 Å². The monoisotopic (exact) mass is 960 g/mol. The van der Waals surface area contributed by atoms with Crippen molar-refractivity contribution in [3.8, 4) is 61.3 Å². The summed E-state index contributed by atoms with van der Waals surface area (Å²) in [4.78, 5) is 2.31. The molecule has 0 radical (unpaired) electrons. The Kier molecular flexibility index (Phi) is 11.5. The van der Waals surface area contributed by atoms with Gasteiger partial charge in [-0.15, -0.1) is 0 Å². The molecule has 5 heteroatoms. The number of nitrogens with zero attached hydrogens (tertiary/aromatic N) is 4. The molecule has 0 amide bonds. The van der Waals surface area contributed by atoms with Crippen molar-refractivity contribution >= 4 is 61.6 Å². The molecule has 0 aliphatic heterocycles. The molecule has 0 aliphatic carbocycles. The maximum absolute atomic E-state index is 5.01. The van der Waals surface area contributed by atoms with Crippen molar-refractivity contribution in [2.45, 2.75) is 52.4 Å². The molecule has 10 aromatic carbocycles. The molecular weight excluding hydrogens is 905 g/mol. The lowest BCUT2D eigenvalue weighted by molar-refractivity contribution is 0.590. The summed E-state index contributed by atoms with van der Waals surface area (Å²) in [7, 11) is 0. The minimum absolute atomic E-state index is 0.0911. The second-order valence-corrected chi connectivity index (χ2v) is 21.8. The van der Waals surface area contributed by atoms with Gasteiger partial charge in [-0.25, -0.2) is 0 Å². The standard InChI is InChI=1S/C68H56N4S/c1-67(2,3)54-29-17-49(18-30-54)52-27-40-62-60(43-52)61-44-53(50-19-31-55(32-20-50)68(4,5)6)28-41-63(61)72(62)58-37-25-51(26-38-58)59-39-42-64(66-65(59)69-73-70-66)71(56-33-21-47(22-34-56)45-13-9-7-10-14-45)57-35-23-48(24-36-57)46-15-11-8-12-16-46/h7-44H,1-6H3. The summed E-state index contributed by atoms with van der Waals surface area (Å²) in [6.45, 7) is 13.6. The van der Waals surface area contributed by atoms with Crippen molar-refractivity contribution in [2.24, 2.45) is 0 Å². The molecule has 0 spiro atoms. The van der Waals surface area contributed by atoms with Crippen LogP contribution < -0.4 is 4.90 Å². The molecule has 2 heterocycles. The third kappa shape index (κ3) is 8.70. The molecule has 2 aromatic heterocycles. The van der Waals surface area contributed by atoms with Crippen LogP contribution in [-0.4, -0.2) is 13.3 Å². The van der Waals surface area contributed by atoms with Gasteiger partial charge in [-0.3, -0.25) is 0 Å². The fourth-order valence-corrected chi connectivity index (χ4v) is 10.9. The van der Waals surface area contributed by atoms with Crippen LogP contribution >= 0.6 is 11.7 Å². The average Bonchev–Trinajstić information content (AvgIpc) is 4.05. The normalized spacial score (nSPS) is 12.0. The molecule has 0 atom stereocenters. The van der Waals surface area contributed by atoms with Gasteiger partial charge in [0.05, 0.1) is 28.4 Å². The van der Waals surface area contributed by atoms with Crippen LogP contribution in [0.2, 0.25) is 0 Å². The molecule has 12 aromatic rings. The van der Waals surface area contributed by atoms with Crippen molar-refractivity contribution in [1.29, 1.82) is 0 Å². The molecule has 0 unspecified atom stereocenters. The quantitative estimate of drug-likeness (QED) is 0.145. The Morgan fingerprint density at radius 1 is 0.356 bits per heavy atom. The highest BCUT2D eigenvalue weighted by Crippen LogP contribution is 2.44. The van der Waals surface area contributed by atoms with E-state index in [1.807, 2.05) is 0 Å². The number of hydrogen-bond donors (Lipinski definition) is 0. The Bertz CT molecular complexity index is 3720. The summed E-state index contributed by atoms with van der Waals surface area (Å²) in [6.07, 6.45) is 0. The molecule has 0 aliphatic rings. The molecule has 12 rings (SSSR count). The van der Waals surface area contributed by atoms with Crippen LogP contribution in [0.3, 0.4) is 0 Å². The van der Waals surface area contributed by atoms with E-state index in [0.29, 0.717) is 0 Å². The lowest BCUT2D eigenvalue weighted by atomic mass is 9.86. The predicted octanol–water partition coefficient (Wildman–Crippen LogP) is 19.2. The zero-order valence-corrected chi connectivity index (χ0v) is 43.0. The molecular formula is C68H56N4S. The third-order valence-corrected chi connectivity index (χ3v) is 15.0. The first-order valence-electron chi connectivity index (χ1n) is 25.2. The van der Waals surface area contributed by atoms with Crippen LogP contribution in [0.5, 0.6) is 0 Å². The SMILES string of the molecule is CC(C)(C)c1ccc(-c2ccc3c(c2)c2cc(-c4ccc(C(C)(C)C)cc4)ccc2n3-c2ccc(-c3ccc(N(c4ccc(-c5ccccc5)cc4)c4ccc(-c5ccccc5)cc4)c4nsnc34)cc2)cc1. The minimum atomic E-state index is 0.0911. The number of aromatic nitrogens is 3. The maximum Gasteiger partial charge on any atom is 0.129 e. The predicted molar refractivity (Wildman–Crippen MR) is 311 cm³/mol. The van der Waals surface area contributed by atoms with E-state index in [-0.39, 0.29) is 10.8 Å². The summed E-state index contributed by atoms with van der Waals surface area (Å²) in [6, 6.07) is 84.2. The van der Waals surface area contributed by atoms with Gasteiger partial charge in [-0.05, 0) is 145 Å². The smallest absolute Gasteiger partial charge is 0.129 e. The van der Waals surface area contributed by atoms with Gasteiger partial charge in [0.1, 0.15) is 11.0 Å². The summed E-state index contributed by atoms with van der Waals surface area (Å²) in [5, 5.41) is 2.45. The van der Waals surface area contributed by atoms with Crippen molar-refractivity contribution in [1.82, 2.24) is 13.3 Å². The van der Waals surface area contributed by atoms with Gasteiger partial charge in [0.15, 0.2) is 0 Å². The lowest BCUT2D eigenvalue weighted by Gasteiger charge is -2.26. The molecule has 0 N–H and O–H groups in total. The van der Waals surface area contributed by atoms with Gasteiger partial charge in [0, 0.05) is 33.4 Å². The van der Waals surface area contributed by atoms with E-state index in [4.69, 9.17) is 8.75 Å². The first-order valence-corrected chi connectivity index (χ1v) is 25.9. The first-order chi connectivity index (χ1) is 35.4. The summed E-state index contributed by atoms with van der Waals surface area (Å²) in [5.74, 6) is 0. The van der Waals surface area contributed by atoms with E-state index in [9.17, 15) is 0 Å². The van der Waals surface area contributed by atoms with Crippen LogP contribution in [0.4, 0.5) is 17.1 Å². The second-order valence-electron chi connectivity index (χ2n) is 21.3.